The molecule has 0 saturated heterocycles. The van der Waals surface area contributed by atoms with Gasteiger partial charge >= 0.3 is 6.03 Å². The van der Waals surface area contributed by atoms with Crippen LogP contribution in [0.2, 0.25) is 0 Å². The van der Waals surface area contributed by atoms with Crippen LogP contribution in [0.4, 0.5) is 20.6 Å². The minimum Gasteiger partial charge on any atom is -0.378 e. The van der Waals surface area contributed by atoms with Gasteiger partial charge in [-0.3, -0.25) is 0 Å². The third-order valence-electron chi connectivity index (χ3n) is 3.89. The molecule has 2 aromatic carbocycles. The van der Waals surface area contributed by atoms with Gasteiger partial charge < -0.3 is 14.8 Å². The zero-order valence-electron chi connectivity index (χ0n) is 15.1. The van der Waals surface area contributed by atoms with E-state index in [1.54, 1.807) is 6.21 Å². The second-order valence-corrected chi connectivity index (χ2v) is 6.04. The van der Waals surface area contributed by atoms with Crippen molar-refractivity contribution >= 4 is 23.6 Å². The van der Waals surface area contributed by atoms with Gasteiger partial charge in [0.05, 0.1) is 11.9 Å². The fraction of sp³-hybridized carbons (Fsp3) is 0.100. The molecule has 0 fully saturated rings. The fourth-order valence-corrected chi connectivity index (χ4v) is 2.50. The largest absolute Gasteiger partial charge is 0.378 e. The number of carbonyl (C=O) groups is 1. The Bertz CT molecular complexity index is 930. The lowest BCUT2D eigenvalue weighted by Crippen LogP contribution is -2.24. The number of urea groups is 1. The lowest BCUT2D eigenvalue weighted by Gasteiger charge is -2.13. The number of aromatic nitrogens is 1. The minimum atomic E-state index is -0.508. The first-order valence-electron chi connectivity index (χ1n) is 8.34. The molecule has 7 heteroatoms. The highest BCUT2D eigenvalue weighted by Crippen LogP contribution is 2.17. The SMILES string of the molecule is CN(C)c1ccc(-n2cccc2/C=N\NC(=O)Nc2ccc(F)cc2)cc1. The highest BCUT2D eigenvalue weighted by Gasteiger charge is 2.03. The molecule has 0 unspecified atom stereocenters. The Hall–Kier alpha value is -3.61. The minimum absolute atomic E-state index is 0.363. The highest BCUT2D eigenvalue weighted by molar-refractivity contribution is 5.90. The van der Waals surface area contributed by atoms with E-state index in [0.717, 1.165) is 17.1 Å². The Morgan fingerprint density at radius 1 is 1.07 bits per heavy atom. The Kier molecular flexibility index (Phi) is 5.51. The van der Waals surface area contributed by atoms with E-state index in [-0.39, 0.29) is 5.82 Å². The lowest BCUT2D eigenvalue weighted by molar-refractivity contribution is 0.252. The van der Waals surface area contributed by atoms with Crippen LogP contribution in [0.3, 0.4) is 0 Å². The average molecular weight is 365 g/mol. The number of halogens is 1. The maximum absolute atomic E-state index is 12.9. The van der Waals surface area contributed by atoms with Crippen LogP contribution in [-0.4, -0.2) is 30.9 Å². The number of amides is 2. The maximum atomic E-state index is 12.9. The maximum Gasteiger partial charge on any atom is 0.339 e. The van der Waals surface area contributed by atoms with Gasteiger partial charge in [0.1, 0.15) is 5.82 Å². The van der Waals surface area contributed by atoms with Crippen LogP contribution in [0, 0.1) is 5.82 Å². The standard InChI is InChI=1S/C20H20FN5O/c1-25(2)17-9-11-18(12-10-17)26-13-3-4-19(26)14-22-24-20(27)23-16-7-5-15(21)6-8-16/h3-14H,1-2H3,(H2,23,24,27)/b22-14-. The second kappa shape index (κ2) is 8.18. The summed E-state index contributed by atoms with van der Waals surface area (Å²) < 4.78 is 14.8. The Morgan fingerprint density at radius 2 is 1.78 bits per heavy atom. The number of carbonyl (C=O) groups excluding carboxylic acids is 1. The van der Waals surface area contributed by atoms with Crippen molar-refractivity contribution in [2.75, 3.05) is 24.3 Å². The van der Waals surface area contributed by atoms with Crippen LogP contribution >= 0.6 is 0 Å². The van der Waals surface area contributed by atoms with Crippen molar-refractivity contribution in [2.24, 2.45) is 5.10 Å². The molecule has 3 aromatic rings. The van der Waals surface area contributed by atoms with Crippen LogP contribution in [-0.2, 0) is 0 Å². The number of hydrogen-bond acceptors (Lipinski definition) is 3. The highest BCUT2D eigenvalue weighted by atomic mass is 19.1. The first kappa shape index (κ1) is 18.2. The van der Waals surface area contributed by atoms with Crippen molar-refractivity contribution in [1.82, 2.24) is 9.99 Å². The number of nitrogens with one attached hydrogen (secondary N) is 2. The molecular weight excluding hydrogens is 345 g/mol. The summed E-state index contributed by atoms with van der Waals surface area (Å²) in [5.74, 6) is -0.363. The van der Waals surface area contributed by atoms with Gasteiger partial charge in [-0.2, -0.15) is 5.10 Å². The van der Waals surface area contributed by atoms with Crippen molar-refractivity contribution in [1.29, 1.82) is 0 Å². The van der Waals surface area contributed by atoms with Crippen molar-refractivity contribution in [3.05, 3.63) is 78.4 Å². The number of nitrogens with zero attached hydrogens (tertiary/aromatic N) is 3. The fourth-order valence-electron chi connectivity index (χ4n) is 2.50. The van der Waals surface area contributed by atoms with Gasteiger partial charge in [0, 0.05) is 37.4 Å². The molecule has 6 nitrogen and oxygen atoms in total. The van der Waals surface area contributed by atoms with Crippen LogP contribution in [0.5, 0.6) is 0 Å². The normalized spacial score (nSPS) is 10.8. The van der Waals surface area contributed by atoms with Gasteiger partial charge in [0.2, 0.25) is 0 Å². The molecule has 0 radical (unpaired) electrons. The third kappa shape index (κ3) is 4.72. The molecule has 0 aliphatic heterocycles. The topological polar surface area (TPSA) is 61.7 Å². The van der Waals surface area contributed by atoms with Gasteiger partial charge in [-0.1, -0.05) is 0 Å². The van der Waals surface area contributed by atoms with Gasteiger partial charge in [-0.05, 0) is 60.7 Å². The molecule has 3 rings (SSSR count). The summed E-state index contributed by atoms with van der Waals surface area (Å²) in [6.45, 7) is 0. The van der Waals surface area contributed by atoms with E-state index in [1.165, 1.54) is 24.3 Å². The quantitative estimate of drug-likeness (QED) is 0.533. The van der Waals surface area contributed by atoms with Crippen molar-refractivity contribution in [2.45, 2.75) is 0 Å². The Balaban J connectivity index is 1.63. The van der Waals surface area contributed by atoms with Crippen LogP contribution in [0.25, 0.3) is 5.69 Å². The number of anilines is 2. The van der Waals surface area contributed by atoms with E-state index in [9.17, 15) is 9.18 Å². The molecule has 1 aromatic heterocycles. The number of rotatable bonds is 5. The van der Waals surface area contributed by atoms with E-state index >= 15 is 0 Å². The number of benzene rings is 2. The van der Waals surface area contributed by atoms with E-state index in [0.29, 0.717) is 5.69 Å². The van der Waals surface area contributed by atoms with Crippen molar-refractivity contribution in [3.63, 3.8) is 0 Å². The van der Waals surface area contributed by atoms with E-state index < -0.39 is 6.03 Å². The second-order valence-electron chi connectivity index (χ2n) is 6.04. The van der Waals surface area contributed by atoms with Crippen molar-refractivity contribution < 1.29 is 9.18 Å². The zero-order valence-corrected chi connectivity index (χ0v) is 15.1. The van der Waals surface area contributed by atoms with E-state index in [1.807, 2.05) is 66.2 Å². The van der Waals surface area contributed by atoms with E-state index in [4.69, 9.17) is 0 Å². The lowest BCUT2D eigenvalue weighted by atomic mass is 10.2. The van der Waals surface area contributed by atoms with Crippen LogP contribution < -0.4 is 15.6 Å². The molecule has 0 bridgehead atoms. The summed E-state index contributed by atoms with van der Waals surface area (Å²) in [7, 11) is 3.98. The van der Waals surface area contributed by atoms with Gasteiger partial charge in [-0.15, -0.1) is 0 Å². The van der Waals surface area contributed by atoms with Crippen LogP contribution in [0.1, 0.15) is 5.69 Å². The van der Waals surface area contributed by atoms with Crippen molar-refractivity contribution in [3.8, 4) is 5.69 Å². The molecule has 0 aliphatic rings. The Labute approximate surface area is 156 Å². The first-order valence-corrected chi connectivity index (χ1v) is 8.34. The first-order chi connectivity index (χ1) is 13.0. The average Bonchev–Trinajstić information content (AvgIpc) is 3.12. The molecule has 138 valence electrons. The van der Waals surface area contributed by atoms with Gasteiger partial charge in [0.25, 0.3) is 0 Å². The molecule has 0 saturated carbocycles. The summed E-state index contributed by atoms with van der Waals surface area (Å²) >= 11 is 0. The third-order valence-corrected chi connectivity index (χ3v) is 3.89. The molecule has 1 heterocycles. The predicted octanol–water partition coefficient (Wildman–Crippen LogP) is 3.84. The smallest absolute Gasteiger partial charge is 0.339 e. The van der Waals surface area contributed by atoms with Crippen LogP contribution in [0.15, 0.2) is 72.0 Å². The van der Waals surface area contributed by atoms with Gasteiger partial charge in [0.15, 0.2) is 0 Å². The summed E-state index contributed by atoms with van der Waals surface area (Å²) in [6, 6.07) is 16.9. The molecule has 27 heavy (non-hydrogen) atoms. The molecule has 2 N–H and O–H groups in total. The van der Waals surface area contributed by atoms with E-state index in [2.05, 4.69) is 15.8 Å². The molecule has 0 spiro atoms. The summed E-state index contributed by atoms with van der Waals surface area (Å²) in [5, 5.41) is 6.54. The zero-order chi connectivity index (χ0) is 19.2. The number of hydrogen-bond donors (Lipinski definition) is 2. The molecule has 0 atom stereocenters. The molecular formula is C20H20FN5O. The molecule has 2 amide bonds. The molecule has 0 aliphatic carbocycles. The summed E-state index contributed by atoms with van der Waals surface area (Å²) in [4.78, 5) is 13.9. The number of hydrazone groups is 1. The monoisotopic (exact) mass is 365 g/mol. The summed E-state index contributed by atoms with van der Waals surface area (Å²) in [5.41, 5.74) is 5.79. The predicted molar refractivity (Wildman–Crippen MR) is 106 cm³/mol. The van der Waals surface area contributed by atoms with Gasteiger partial charge in [-0.25, -0.2) is 14.6 Å². The summed E-state index contributed by atoms with van der Waals surface area (Å²) in [6.07, 6.45) is 3.48. The Morgan fingerprint density at radius 3 is 2.44 bits per heavy atom.